The van der Waals surface area contributed by atoms with Gasteiger partial charge in [0.15, 0.2) is 0 Å². The third kappa shape index (κ3) is 6.15. The summed E-state index contributed by atoms with van der Waals surface area (Å²) in [5.41, 5.74) is 3.62. The lowest BCUT2D eigenvalue weighted by atomic mass is 10.0. The minimum Gasteiger partial charge on any atom is -0.321 e. The molecule has 37 heavy (non-hydrogen) atoms. The molecule has 4 aromatic rings. The minimum atomic E-state index is -3.78. The van der Waals surface area contributed by atoms with Crippen LogP contribution in [0.4, 0.5) is 10.1 Å². The van der Waals surface area contributed by atoms with Gasteiger partial charge in [-0.3, -0.25) is 23.3 Å². The van der Waals surface area contributed by atoms with E-state index in [1.165, 1.54) is 24.5 Å². The molecule has 0 spiro atoms. The first-order valence-electron chi connectivity index (χ1n) is 11.4. The van der Waals surface area contributed by atoms with Gasteiger partial charge in [0.1, 0.15) is 12.4 Å². The summed E-state index contributed by atoms with van der Waals surface area (Å²) in [7, 11) is -3.78. The summed E-state index contributed by atoms with van der Waals surface area (Å²) >= 11 is 0. The Kier molecular flexibility index (Phi) is 8.20. The lowest BCUT2D eigenvalue weighted by Crippen LogP contribution is -2.07. The lowest BCUT2D eigenvalue weighted by Gasteiger charge is -2.16. The van der Waals surface area contributed by atoms with Crippen LogP contribution >= 0.6 is 7.82 Å². The molecule has 4 aromatic heterocycles. The van der Waals surface area contributed by atoms with E-state index >= 15 is 0 Å². The van der Waals surface area contributed by atoms with Crippen LogP contribution in [0.3, 0.4) is 0 Å². The smallest absolute Gasteiger partial charge is 0.321 e. The highest BCUT2D eigenvalue weighted by Crippen LogP contribution is 2.49. The first-order chi connectivity index (χ1) is 17.9. The lowest BCUT2D eigenvalue weighted by molar-refractivity contribution is -0.111. The molecule has 0 radical (unpaired) electrons. The molecule has 0 atom stereocenters. The maximum absolute atomic E-state index is 14.0. The van der Waals surface area contributed by atoms with Crippen molar-refractivity contribution < 1.29 is 27.3 Å². The molecule has 0 aliphatic heterocycles. The summed E-state index contributed by atoms with van der Waals surface area (Å²) in [6.45, 7) is 6.93. The van der Waals surface area contributed by atoms with Crippen molar-refractivity contribution in [3.8, 4) is 22.3 Å². The molecular weight excluding hydrogens is 500 g/mol. The topological polar surface area (TPSA) is 117 Å². The number of rotatable bonds is 11. The van der Waals surface area contributed by atoms with Gasteiger partial charge < -0.3 is 9.88 Å². The Bertz CT molecular complexity index is 1480. The minimum absolute atomic E-state index is 0.146. The van der Waals surface area contributed by atoms with Crippen LogP contribution in [0.2, 0.25) is 0 Å². The maximum Gasteiger partial charge on any atom is 0.476 e. The number of aromatic nitrogens is 4. The summed E-state index contributed by atoms with van der Waals surface area (Å²) in [5, 5.41) is 3.35. The van der Waals surface area contributed by atoms with E-state index in [9.17, 15) is 13.8 Å². The average molecular weight is 525 g/mol. The van der Waals surface area contributed by atoms with Crippen molar-refractivity contribution in [1.29, 1.82) is 0 Å². The predicted molar refractivity (Wildman–Crippen MR) is 137 cm³/mol. The molecule has 12 heteroatoms. The zero-order valence-electron chi connectivity index (χ0n) is 20.3. The fourth-order valence-electron chi connectivity index (χ4n) is 3.65. The summed E-state index contributed by atoms with van der Waals surface area (Å²) in [6, 6.07) is 6.61. The number of halogens is 1. The molecule has 0 bridgehead atoms. The molecule has 0 aromatic carbocycles. The zero-order valence-corrected chi connectivity index (χ0v) is 21.2. The van der Waals surface area contributed by atoms with Crippen LogP contribution in [0.1, 0.15) is 13.8 Å². The number of pyridine rings is 3. The van der Waals surface area contributed by atoms with E-state index in [0.29, 0.717) is 39.0 Å². The van der Waals surface area contributed by atoms with Crippen LogP contribution in [-0.4, -0.2) is 38.6 Å². The molecule has 1 amide bonds. The van der Waals surface area contributed by atoms with E-state index in [0.717, 1.165) is 0 Å². The highest BCUT2D eigenvalue weighted by Gasteiger charge is 2.26. The monoisotopic (exact) mass is 525 g/mol. The Labute approximate surface area is 212 Å². The van der Waals surface area contributed by atoms with Crippen LogP contribution in [-0.2, 0) is 29.7 Å². The first kappa shape index (κ1) is 26.3. The number of phosphoric ester groups is 1. The summed E-state index contributed by atoms with van der Waals surface area (Å²) in [5.74, 6) is -0.992. The molecule has 192 valence electrons. The second-order valence-electron chi connectivity index (χ2n) is 7.67. The molecule has 10 nitrogen and oxygen atoms in total. The molecule has 0 unspecified atom stereocenters. The average Bonchev–Trinajstić information content (AvgIpc) is 3.26. The van der Waals surface area contributed by atoms with Crippen molar-refractivity contribution in [3.05, 3.63) is 73.9 Å². The van der Waals surface area contributed by atoms with Crippen molar-refractivity contribution in [2.45, 2.75) is 20.6 Å². The first-order valence-corrected chi connectivity index (χ1v) is 12.8. The van der Waals surface area contributed by atoms with Crippen molar-refractivity contribution in [3.63, 3.8) is 0 Å². The zero-order chi connectivity index (χ0) is 26.4. The largest absolute Gasteiger partial charge is 0.476 e. The van der Waals surface area contributed by atoms with Gasteiger partial charge >= 0.3 is 7.82 Å². The van der Waals surface area contributed by atoms with E-state index < -0.39 is 13.8 Å². The Morgan fingerprint density at radius 1 is 1.08 bits per heavy atom. The Hall–Kier alpha value is -3.76. The van der Waals surface area contributed by atoms with E-state index in [1.54, 1.807) is 49.1 Å². The third-order valence-corrected chi connectivity index (χ3v) is 6.79. The summed E-state index contributed by atoms with van der Waals surface area (Å²) in [4.78, 5) is 24.1. The fraction of sp³-hybridized carbons (Fsp3) is 0.200. The molecule has 1 N–H and O–H groups in total. The van der Waals surface area contributed by atoms with Crippen molar-refractivity contribution >= 4 is 30.5 Å². The van der Waals surface area contributed by atoms with E-state index in [4.69, 9.17) is 13.6 Å². The third-order valence-electron chi connectivity index (χ3n) is 5.21. The van der Waals surface area contributed by atoms with E-state index in [-0.39, 0.29) is 25.9 Å². The normalized spacial score (nSPS) is 11.5. The van der Waals surface area contributed by atoms with Gasteiger partial charge in [-0.05, 0) is 43.7 Å². The van der Waals surface area contributed by atoms with Crippen LogP contribution in [0.25, 0.3) is 33.3 Å². The molecular formula is C25H25FN5O5P. The number of fused-ring (bicyclic) bond motifs is 1. The van der Waals surface area contributed by atoms with Gasteiger partial charge in [-0.1, -0.05) is 6.58 Å². The van der Waals surface area contributed by atoms with Gasteiger partial charge in [0, 0.05) is 52.9 Å². The molecule has 4 rings (SSSR count). The predicted octanol–water partition coefficient (Wildman–Crippen LogP) is 5.58. The molecule has 0 fully saturated rings. The number of nitrogens with zero attached hydrogens (tertiary/aromatic N) is 4. The molecule has 0 aliphatic rings. The molecule has 0 aliphatic carbocycles. The van der Waals surface area contributed by atoms with Gasteiger partial charge in [0.25, 0.3) is 0 Å². The van der Waals surface area contributed by atoms with Crippen LogP contribution in [0.15, 0.2) is 67.9 Å². The Balaban J connectivity index is 1.78. The van der Waals surface area contributed by atoms with Crippen LogP contribution < -0.4 is 5.32 Å². The van der Waals surface area contributed by atoms with Gasteiger partial charge in [-0.25, -0.2) is 14.5 Å². The van der Waals surface area contributed by atoms with Crippen molar-refractivity contribution in [2.75, 3.05) is 18.5 Å². The van der Waals surface area contributed by atoms with Gasteiger partial charge in [-0.2, -0.15) is 4.39 Å². The number of nitrogens with one attached hydrogen (secondary N) is 1. The van der Waals surface area contributed by atoms with E-state index in [1.807, 2.05) is 6.07 Å². The number of amides is 1. The second-order valence-corrected chi connectivity index (χ2v) is 9.34. The SMILES string of the molecule is C=CC(=O)Nc1cncc(-c2cnc3c(c2)c(-c2ccnc(F)c2)cn3COP(=O)(OCC)OCC)c1. The van der Waals surface area contributed by atoms with E-state index in [2.05, 4.69) is 26.8 Å². The quantitative estimate of drug-likeness (QED) is 0.153. The van der Waals surface area contributed by atoms with Crippen molar-refractivity contribution in [1.82, 2.24) is 19.5 Å². The van der Waals surface area contributed by atoms with Crippen LogP contribution in [0.5, 0.6) is 0 Å². The van der Waals surface area contributed by atoms with Gasteiger partial charge in [0.05, 0.1) is 25.1 Å². The Morgan fingerprint density at radius 2 is 1.84 bits per heavy atom. The summed E-state index contributed by atoms with van der Waals surface area (Å²) in [6.07, 6.45) is 9.05. The number of carbonyl (C=O) groups excluding carboxylic acids is 1. The van der Waals surface area contributed by atoms with Gasteiger partial charge in [-0.15, -0.1) is 0 Å². The van der Waals surface area contributed by atoms with Crippen molar-refractivity contribution in [2.24, 2.45) is 0 Å². The number of anilines is 1. The maximum atomic E-state index is 14.0. The number of hydrogen-bond acceptors (Lipinski definition) is 8. The molecule has 0 saturated heterocycles. The standard InChI is InChI=1S/C25H25FN5O5P/c1-4-24(32)30-20-9-18(12-27-14-20)19-10-21-22(17-7-8-28-23(26)11-17)15-31(25(21)29-13-19)16-36-37(33,34-5-2)35-6-3/h4,7-15H,1,5-6,16H2,2-3H3,(H,30,32). The summed E-state index contributed by atoms with van der Waals surface area (Å²) < 4.78 is 44.4. The number of carbonyl (C=O) groups is 1. The highest BCUT2D eigenvalue weighted by molar-refractivity contribution is 7.48. The highest BCUT2D eigenvalue weighted by atomic mass is 31.2. The number of hydrogen-bond donors (Lipinski definition) is 1. The Morgan fingerprint density at radius 3 is 2.54 bits per heavy atom. The second kappa shape index (κ2) is 11.5. The van der Waals surface area contributed by atoms with Gasteiger partial charge in [0.2, 0.25) is 11.9 Å². The van der Waals surface area contributed by atoms with Crippen LogP contribution in [0, 0.1) is 5.95 Å². The fourth-order valence-corrected chi connectivity index (χ4v) is 4.77. The number of phosphoric acid groups is 1. The molecule has 4 heterocycles. The molecule has 0 saturated carbocycles.